The predicted octanol–water partition coefficient (Wildman–Crippen LogP) is 3.43. The van der Waals surface area contributed by atoms with Crippen LogP contribution in [0.5, 0.6) is 0 Å². The summed E-state index contributed by atoms with van der Waals surface area (Å²) in [6, 6.07) is 19.0. The minimum atomic E-state index is -0.0546. The molecule has 0 bridgehead atoms. The Bertz CT molecular complexity index is 620. The molecule has 20 heavy (non-hydrogen) atoms. The van der Waals surface area contributed by atoms with Crippen LogP contribution in [0.1, 0.15) is 11.1 Å². The van der Waals surface area contributed by atoms with Crippen molar-refractivity contribution in [3.05, 3.63) is 65.7 Å². The molecule has 0 fully saturated rings. The van der Waals surface area contributed by atoms with Crippen LogP contribution in [0, 0.1) is 11.3 Å². The summed E-state index contributed by atoms with van der Waals surface area (Å²) in [5, 5.41) is 11.6. The van der Waals surface area contributed by atoms with E-state index < -0.39 is 0 Å². The first kappa shape index (κ1) is 14.2. The number of thioether (sulfide) groups is 1. The molecule has 0 aliphatic rings. The summed E-state index contributed by atoms with van der Waals surface area (Å²) >= 11 is 1.57. The van der Waals surface area contributed by atoms with Gasteiger partial charge in [-0.2, -0.15) is 5.26 Å². The first-order chi connectivity index (χ1) is 9.78. The molecular formula is C16H14N2OS. The Morgan fingerprint density at radius 3 is 2.70 bits per heavy atom. The maximum atomic E-state index is 11.8. The predicted molar refractivity (Wildman–Crippen MR) is 82.4 cm³/mol. The van der Waals surface area contributed by atoms with E-state index in [2.05, 4.69) is 5.32 Å². The molecule has 0 saturated carbocycles. The number of carbonyl (C=O) groups is 1. The fourth-order valence-corrected chi connectivity index (χ4v) is 2.49. The second-order valence-electron chi connectivity index (χ2n) is 4.22. The number of amides is 1. The Labute approximate surface area is 122 Å². The zero-order chi connectivity index (χ0) is 14.2. The minimum absolute atomic E-state index is 0.0546. The van der Waals surface area contributed by atoms with Crippen LogP contribution in [0.25, 0.3) is 0 Å². The van der Waals surface area contributed by atoms with E-state index in [1.807, 2.05) is 36.4 Å². The van der Waals surface area contributed by atoms with E-state index in [4.69, 9.17) is 5.26 Å². The summed E-state index contributed by atoms with van der Waals surface area (Å²) < 4.78 is 0. The smallest absolute Gasteiger partial charge is 0.234 e. The number of carbonyl (C=O) groups excluding carboxylic acids is 1. The van der Waals surface area contributed by atoms with Crippen LogP contribution in [0.3, 0.4) is 0 Å². The molecule has 0 atom stereocenters. The van der Waals surface area contributed by atoms with Gasteiger partial charge in [0.1, 0.15) is 0 Å². The summed E-state index contributed by atoms with van der Waals surface area (Å²) in [6.45, 7) is 0. The molecule has 0 aromatic heterocycles. The lowest BCUT2D eigenvalue weighted by Crippen LogP contribution is -2.14. The number of nitrogens with one attached hydrogen (secondary N) is 1. The summed E-state index contributed by atoms with van der Waals surface area (Å²) in [6.07, 6.45) is 0. The lowest BCUT2D eigenvalue weighted by molar-refractivity contribution is -0.113. The molecule has 0 radical (unpaired) electrons. The van der Waals surface area contributed by atoms with Gasteiger partial charge in [0, 0.05) is 11.4 Å². The molecular weight excluding hydrogens is 268 g/mol. The quantitative estimate of drug-likeness (QED) is 0.914. The fourth-order valence-electron chi connectivity index (χ4n) is 1.70. The van der Waals surface area contributed by atoms with Crippen LogP contribution in [-0.4, -0.2) is 11.7 Å². The largest absolute Gasteiger partial charge is 0.325 e. The third-order valence-electron chi connectivity index (χ3n) is 2.62. The first-order valence-electron chi connectivity index (χ1n) is 6.19. The van der Waals surface area contributed by atoms with Gasteiger partial charge in [-0.15, -0.1) is 11.8 Å². The van der Waals surface area contributed by atoms with Crippen molar-refractivity contribution in [2.24, 2.45) is 0 Å². The number of anilines is 1. The molecule has 0 spiro atoms. The molecule has 0 aliphatic carbocycles. The Morgan fingerprint density at radius 2 is 1.95 bits per heavy atom. The van der Waals surface area contributed by atoms with E-state index in [1.54, 1.807) is 36.0 Å². The number of nitrogens with zero attached hydrogens (tertiary/aromatic N) is 1. The second kappa shape index (κ2) is 7.37. The van der Waals surface area contributed by atoms with Gasteiger partial charge in [0.2, 0.25) is 5.91 Å². The maximum absolute atomic E-state index is 11.8. The Morgan fingerprint density at radius 1 is 1.15 bits per heavy atom. The number of nitriles is 1. The normalized spacial score (nSPS) is 9.75. The number of hydrogen-bond donors (Lipinski definition) is 1. The standard InChI is InChI=1S/C16H14N2OS/c17-10-14-7-4-8-15(9-14)18-16(19)12-20-11-13-5-2-1-3-6-13/h1-9H,11-12H2,(H,18,19). The van der Waals surface area contributed by atoms with Gasteiger partial charge in [0.15, 0.2) is 0 Å². The van der Waals surface area contributed by atoms with Gasteiger partial charge in [0.25, 0.3) is 0 Å². The fraction of sp³-hybridized carbons (Fsp3) is 0.125. The van der Waals surface area contributed by atoms with Gasteiger partial charge in [-0.3, -0.25) is 4.79 Å². The van der Waals surface area contributed by atoms with Gasteiger partial charge >= 0.3 is 0 Å². The summed E-state index contributed by atoms with van der Waals surface area (Å²) in [4.78, 5) is 11.8. The lowest BCUT2D eigenvalue weighted by atomic mass is 10.2. The van der Waals surface area contributed by atoms with E-state index in [0.717, 1.165) is 5.75 Å². The van der Waals surface area contributed by atoms with Crippen molar-refractivity contribution in [2.45, 2.75) is 5.75 Å². The van der Waals surface area contributed by atoms with Crippen LogP contribution >= 0.6 is 11.8 Å². The Balaban J connectivity index is 1.79. The van der Waals surface area contributed by atoms with Crippen molar-refractivity contribution >= 4 is 23.4 Å². The van der Waals surface area contributed by atoms with E-state index in [9.17, 15) is 4.79 Å². The van der Waals surface area contributed by atoms with E-state index in [0.29, 0.717) is 17.0 Å². The molecule has 2 rings (SSSR count). The monoisotopic (exact) mass is 282 g/mol. The Kier molecular flexibility index (Phi) is 5.22. The third kappa shape index (κ3) is 4.45. The Hall–Kier alpha value is -2.25. The maximum Gasteiger partial charge on any atom is 0.234 e. The van der Waals surface area contributed by atoms with Crippen molar-refractivity contribution < 1.29 is 4.79 Å². The summed E-state index contributed by atoms with van der Waals surface area (Å²) in [5.74, 6) is 1.15. The van der Waals surface area contributed by atoms with E-state index in [-0.39, 0.29) is 5.91 Å². The lowest BCUT2D eigenvalue weighted by Gasteiger charge is -2.05. The second-order valence-corrected chi connectivity index (χ2v) is 5.20. The highest BCUT2D eigenvalue weighted by Gasteiger charge is 2.03. The zero-order valence-corrected chi connectivity index (χ0v) is 11.7. The molecule has 0 aliphatic heterocycles. The molecule has 2 aromatic carbocycles. The minimum Gasteiger partial charge on any atom is -0.325 e. The summed E-state index contributed by atoms with van der Waals surface area (Å²) in [5.41, 5.74) is 2.41. The third-order valence-corrected chi connectivity index (χ3v) is 3.62. The van der Waals surface area contributed by atoms with Gasteiger partial charge < -0.3 is 5.32 Å². The van der Waals surface area contributed by atoms with E-state index >= 15 is 0 Å². The van der Waals surface area contributed by atoms with Crippen molar-refractivity contribution in [1.82, 2.24) is 0 Å². The molecule has 0 unspecified atom stereocenters. The van der Waals surface area contributed by atoms with Crippen LogP contribution in [0.4, 0.5) is 5.69 Å². The molecule has 2 aromatic rings. The molecule has 100 valence electrons. The SMILES string of the molecule is N#Cc1cccc(NC(=O)CSCc2ccccc2)c1. The molecule has 3 nitrogen and oxygen atoms in total. The van der Waals surface area contributed by atoms with Crippen molar-refractivity contribution in [1.29, 1.82) is 5.26 Å². The van der Waals surface area contributed by atoms with Crippen LogP contribution < -0.4 is 5.32 Å². The van der Waals surface area contributed by atoms with Crippen LogP contribution in [0.2, 0.25) is 0 Å². The van der Waals surface area contributed by atoms with Gasteiger partial charge in [0.05, 0.1) is 17.4 Å². The topological polar surface area (TPSA) is 52.9 Å². The van der Waals surface area contributed by atoms with Gasteiger partial charge in [-0.05, 0) is 23.8 Å². The van der Waals surface area contributed by atoms with Crippen LogP contribution in [0.15, 0.2) is 54.6 Å². The summed E-state index contributed by atoms with van der Waals surface area (Å²) in [7, 11) is 0. The van der Waals surface area contributed by atoms with Crippen molar-refractivity contribution in [3.8, 4) is 6.07 Å². The highest BCUT2D eigenvalue weighted by atomic mass is 32.2. The van der Waals surface area contributed by atoms with Crippen LogP contribution in [-0.2, 0) is 10.5 Å². The molecule has 0 saturated heterocycles. The molecule has 1 amide bonds. The number of benzene rings is 2. The molecule has 1 N–H and O–H groups in total. The highest BCUT2D eigenvalue weighted by molar-refractivity contribution is 7.99. The van der Waals surface area contributed by atoms with E-state index in [1.165, 1.54) is 5.56 Å². The average Bonchev–Trinajstić information content (AvgIpc) is 2.48. The van der Waals surface area contributed by atoms with Crippen molar-refractivity contribution in [3.63, 3.8) is 0 Å². The van der Waals surface area contributed by atoms with Crippen molar-refractivity contribution in [2.75, 3.05) is 11.1 Å². The average molecular weight is 282 g/mol. The zero-order valence-electron chi connectivity index (χ0n) is 10.9. The first-order valence-corrected chi connectivity index (χ1v) is 7.35. The number of rotatable bonds is 5. The van der Waals surface area contributed by atoms with Gasteiger partial charge in [-0.1, -0.05) is 36.4 Å². The number of hydrogen-bond acceptors (Lipinski definition) is 3. The molecule has 0 heterocycles. The molecule has 4 heteroatoms. The highest BCUT2D eigenvalue weighted by Crippen LogP contribution is 2.13. The van der Waals surface area contributed by atoms with Gasteiger partial charge in [-0.25, -0.2) is 0 Å².